The van der Waals surface area contributed by atoms with E-state index in [9.17, 15) is 23.6 Å². The molecule has 1 saturated heterocycles. The van der Waals surface area contributed by atoms with Gasteiger partial charge in [0, 0.05) is 24.2 Å². The largest absolute Gasteiger partial charge is 0.326 e. The second-order valence-electron chi connectivity index (χ2n) is 7.49. The fourth-order valence-electron chi connectivity index (χ4n) is 3.59. The van der Waals surface area contributed by atoms with Gasteiger partial charge in [0.1, 0.15) is 11.9 Å². The second kappa shape index (κ2) is 9.07. The number of halogens is 1. The van der Waals surface area contributed by atoms with E-state index in [-0.39, 0.29) is 23.9 Å². The summed E-state index contributed by atoms with van der Waals surface area (Å²) in [5.41, 5.74) is 1.16. The van der Waals surface area contributed by atoms with E-state index in [0.717, 1.165) is 4.90 Å². The molecule has 8 heteroatoms. The summed E-state index contributed by atoms with van der Waals surface area (Å²) in [6, 6.07) is 10.2. The number of benzene rings is 2. The van der Waals surface area contributed by atoms with Crippen LogP contribution >= 0.6 is 0 Å². The van der Waals surface area contributed by atoms with E-state index >= 15 is 0 Å². The average Bonchev–Trinajstić information content (AvgIpc) is 3.02. The molecule has 0 bridgehead atoms. The van der Waals surface area contributed by atoms with Crippen LogP contribution in [-0.2, 0) is 14.4 Å². The van der Waals surface area contributed by atoms with Crippen LogP contribution in [0.3, 0.4) is 0 Å². The molecular formula is C23H24FN3O4. The van der Waals surface area contributed by atoms with E-state index in [2.05, 4.69) is 5.32 Å². The van der Waals surface area contributed by atoms with Gasteiger partial charge < -0.3 is 10.2 Å². The van der Waals surface area contributed by atoms with Gasteiger partial charge in [-0.15, -0.1) is 0 Å². The van der Waals surface area contributed by atoms with Gasteiger partial charge in [0.15, 0.2) is 0 Å². The van der Waals surface area contributed by atoms with Gasteiger partial charge in [-0.1, -0.05) is 6.92 Å². The SMILES string of the molecule is CCC(C)N(C(=O)c1ccc(F)cc1)C1CC(=O)N(c2ccc(NC(C)=O)cc2)C1=O. The molecule has 0 saturated carbocycles. The first kappa shape index (κ1) is 22.1. The van der Waals surface area contributed by atoms with Gasteiger partial charge in [-0.2, -0.15) is 0 Å². The van der Waals surface area contributed by atoms with Gasteiger partial charge in [-0.3, -0.25) is 19.2 Å². The van der Waals surface area contributed by atoms with Gasteiger partial charge in [-0.05, 0) is 61.9 Å². The van der Waals surface area contributed by atoms with Crippen LogP contribution in [0.15, 0.2) is 48.5 Å². The van der Waals surface area contributed by atoms with E-state index in [0.29, 0.717) is 17.8 Å². The lowest BCUT2D eigenvalue weighted by Gasteiger charge is -2.33. The quantitative estimate of drug-likeness (QED) is 0.719. The van der Waals surface area contributed by atoms with Crippen LogP contribution in [0.25, 0.3) is 0 Å². The van der Waals surface area contributed by atoms with Crippen molar-refractivity contribution in [1.29, 1.82) is 0 Å². The maximum absolute atomic E-state index is 13.3. The summed E-state index contributed by atoms with van der Waals surface area (Å²) in [5.74, 6) is -2.03. The predicted octanol–water partition coefficient (Wildman–Crippen LogP) is 3.36. The summed E-state index contributed by atoms with van der Waals surface area (Å²) in [6.45, 7) is 5.08. The molecule has 0 aromatic heterocycles. The predicted molar refractivity (Wildman–Crippen MR) is 114 cm³/mol. The summed E-state index contributed by atoms with van der Waals surface area (Å²) in [4.78, 5) is 52.8. The molecule has 1 N–H and O–H groups in total. The minimum atomic E-state index is -0.949. The summed E-state index contributed by atoms with van der Waals surface area (Å²) in [7, 11) is 0. The van der Waals surface area contributed by atoms with Crippen molar-refractivity contribution < 1.29 is 23.6 Å². The van der Waals surface area contributed by atoms with E-state index in [4.69, 9.17) is 0 Å². The zero-order valence-electron chi connectivity index (χ0n) is 17.6. The zero-order chi connectivity index (χ0) is 22.7. The number of carbonyl (C=O) groups is 4. The maximum Gasteiger partial charge on any atom is 0.257 e. The molecule has 2 aromatic carbocycles. The Morgan fingerprint density at radius 1 is 1.13 bits per heavy atom. The van der Waals surface area contributed by atoms with Crippen LogP contribution in [0.1, 0.15) is 44.0 Å². The molecule has 1 aliphatic heterocycles. The van der Waals surface area contributed by atoms with Crippen LogP contribution < -0.4 is 10.2 Å². The van der Waals surface area contributed by atoms with Crippen LogP contribution in [-0.4, -0.2) is 40.6 Å². The Hall–Kier alpha value is -3.55. The van der Waals surface area contributed by atoms with Gasteiger partial charge >= 0.3 is 0 Å². The Balaban J connectivity index is 1.89. The number of imide groups is 1. The molecule has 0 aliphatic carbocycles. The lowest BCUT2D eigenvalue weighted by atomic mass is 10.1. The third-order valence-electron chi connectivity index (χ3n) is 5.30. The van der Waals surface area contributed by atoms with Crippen LogP contribution in [0.4, 0.5) is 15.8 Å². The molecular weight excluding hydrogens is 401 g/mol. The Labute approximate surface area is 179 Å². The molecule has 1 fully saturated rings. The molecule has 1 aliphatic rings. The number of rotatable bonds is 6. The summed E-state index contributed by atoms with van der Waals surface area (Å²) in [5, 5.41) is 2.62. The Bertz CT molecular complexity index is 1000. The number of anilines is 2. The lowest BCUT2D eigenvalue weighted by Crippen LogP contribution is -2.49. The third-order valence-corrected chi connectivity index (χ3v) is 5.30. The summed E-state index contributed by atoms with van der Waals surface area (Å²) in [6.07, 6.45) is 0.444. The molecule has 31 heavy (non-hydrogen) atoms. The van der Waals surface area contributed by atoms with Crippen molar-refractivity contribution in [3.8, 4) is 0 Å². The highest BCUT2D eigenvalue weighted by Crippen LogP contribution is 2.29. The monoisotopic (exact) mass is 425 g/mol. The van der Waals surface area contributed by atoms with Crippen molar-refractivity contribution >= 4 is 35.0 Å². The van der Waals surface area contributed by atoms with Crippen LogP contribution in [0.2, 0.25) is 0 Å². The highest BCUT2D eigenvalue weighted by molar-refractivity contribution is 6.23. The van der Waals surface area contributed by atoms with Crippen molar-refractivity contribution in [2.24, 2.45) is 0 Å². The molecule has 1 heterocycles. The van der Waals surface area contributed by atoms with Crippen molar-refractivity contribution in [3.05, 3.63) is 59.9 Å². The number of hydrogen-bond donors (Lipinski definition) is 1. The molecule has 3 rings (SSSR count). The van der Waals surface area contributed by atoms with Gasteiger partial charge in [-0.25, -0.2) is 9.29 Å². The minimum Gasteiger partial charge on any atom is -0.326 e. The van der Waals surface area contributed by atoms with Crippen LogP contribution in [0, 0.1) is 5.82 Å². The van der Waals surface area contributed by atoms with Crippen molar-refractivity contribution in [2.75, 3.05) is 10.2 Å². The Kier molecular flexibility index (Phi) is 6.48. The smallest absolute Gasteiger partial charge is 0.257 e. The van der Waals surface area contributed by atoms with E-state index < -0.39 is 29.6 Å². The molecule has 7 nitrogen and oxygen atoms in total. The first-order valence-corrected chi connectivity index (χ1v) is 10.1. The van der Waals surface area contributed by atoms with Crippen molar-refractivity contribution in [3.63, 3.8) is 0 Å². The maximum atomic E-state index is 13.3. The van der Waals surface area contributed by atoms with E-state index in [1.807, 2.05) is 13.8 Å². The number of nitrogens with one attached hydrogen (secondary N) is 1. The fourth-order valence-corrected chi connectivity index (χ4v) is 3.59. The molecule has 4 amide bonds. The topological polar surface area (TPSA) is 86.8 Å². The summed E-state index contributed by atoms with van der Waals surface area (Å²) >= 11 is 0. The fraction of sp³-hybridized carbons (Fsp3) is 0.304. The first-order chi connectivity index (χ1) is 14.7. The van der Waals surface area contributed by atoms with E-state index in [1.54, 1.807) is 24.3 Å². The number of nitrogens with zero attached hydrogens (tertiary/aromatic N) is 2. The third kappa shape index (κ3) is 4.63. The number of carbonyl (C=O) groups excluding carboxylic acids is 4. The molecule has 162 valence electrons. The first-order valence-electron chi connectivity index (χ1n) is 10.1. The number of amides is 4. The zero-order valence-corrected chi connectivity index (χ0v) is 17.6. The number of hydrogen-bond acceptors (Lipinski definition) is 4. The molecule has 0 radical (unpaired) electrons. The molecule has 2 atom stereocenters. The van der Waals surface area contributed by atoms with Crippen molar-refractivity contribution in [1.82, 2.24) is 4.90 Å². The highest BCUT2D eigenvalue weighted by Gasteiger charge is 2.45. The molecule has 0 spiro atoms. The average molecular weight is 425 g/mol. The highest BCUT2D eigenvalue weighted by atomic mass is 19.1. The second-order valence-corrected chi connectivity index (χ2v) is 7.49. The molecule has 2 aromatic rings. The summed E-state index contributed by atoms with van der Waals surface area (Å²) < 4.78 is 13.3. The Morgan fingerprint density at radius 3 is 2.29 bits per heavy atom. The van der Waals surface area contributed by atoms with Gasteiger partial charge in [0.05, 0.1) is 12.1 Å². The standard InChI is InChI=1S/C23H24FN3O4/c1-4-14(2)26(22(30)16-5-7-17(24)8-6-16)20-13-21(29)27(23(20)31)19-11-9-18(10-12-19)25-15(3)28/h5-12,14,20H,4,13H2,1-3H3,(H,25,28). The Morgan fingerprint density at radius 2 is 1.74 bits per heavy atom. The van der Waals surface area contributed by atoms with Gasteiger partial charge in [0.25, 0.3) is 11.8 Å². The van der Waals surface area contributed by atoms with Gasteiger partial charge in [0.2, 0.25) is 11.8 Å². The normalized spacial score (nSPS) is 16.9. The van der Waals surface area contributed by atoms with Crippen LogP contribution in [0.5, 0.6) is 0 Å². The lowest BCUT2D eigenvalue weighted by molar-refractivity contribution is -0.123. The molecule has 2 unspecified atom stereocenters. The van der Waals surface area contributed by atoms with Crippen molar-refractivity contribution in [2.45, 2.75) is 45.7 Å². The van der Waals surface area contributed by atoms with E-state index in [1.165, 1.54) is 36.1 Å². The minimum absolute atomic E-state index is 0.135.